The highest BCUT2D eigenvalue weighted by Crippen LogP contribution is 2.17. The summed E-state index contributed by atoms with van der Waals surface area (Å²) in [7, 11) is 1.51. The molecule has 1 amide bonds. The number of anilines is 1. The molecule has 0 aliphatic rings. The Labute approximate surface area is 114 Å². The van der Waals surface area contributed by atoms with Crippen LogP contribution >= 0.6 is 0 Å². The molecule has 2 aromatic rings. The number of hydrogen-bond acceptors (Lipinski definition) is 3. The molecule has 104 valence electrons. The lowest BCUT2D eigenvalue weighted by molar-refractivity contribution is 0.0962. The van der Waals surface area contributed by atoms with E-state index in [0.717, 1.165) is 12.1 Å². The van der Waals surface area contributed by atoms with Crippen molar-refractivity contribution >= 4 is 11.6 Å². The Morgan fingerprint density at radius 2 is 1.65 bits per heavy atom. The number of para-hydroxylation sites is 1. The first-order valence-electron chi connectivity index (χ1n) is 5.76. The number of carbonyl (C=O) groups excluding carboxylic acids is 1. The zero-order valence-electron chi connectivity index (χ0n) is 10.6. The number of amides is 1. The SMILES string of the molecule is COc1ccc(C(=O)NNc2c(F)cccc2F)cc1. The molecule has 0 bridgehead atoms. The number of hydrazine groups is 1. The third-order valence-corrected chi connectivity index (χ3v) is 2.62. The average Bonchev–Trinajstić information content (AvgIpc) is 2.46. The molecule has 0 radical (unpaired) electrons. The van der Waals surface area contributed by atoms with Crippen molar-refractivity contribution in [3.8, 4) is 5.75 Å². The summed E-state index contributed by atoms with van der Waals surface area (Å²) in [6.45, 7) is 0. The fourth-order valence-corrected chi connectivity index (χ4v) is 1.55. The molecule has 2 N–H and O–H groups in total. The molecule has 0 saturated heterocycles. The predicted octanol–water partition coefficient (Wildman–Crippen LogP) is 2.73. The van der Waals surface area contributed by atoms with Gasteiger partial charge in [-0.15, -0.1) is 0 Å². The van der Waals surface area contributed by atoms with Gasteiger partial charge in [-0.1, -0.05) is 6.07 Å². The van der Waals surface area contributed by atoms with E-state index < -0.39 is 23.2 Å². The zero-order valence-corrected chi connectivity index (χ0v) is 10.6. The number of rotatable bonds is 4. The maximum Gasteiger partial charge on any atom is 0.269 e. The Hall–Kier alpha value is -2.63. The molecule has 0 unspecified atom stereocenters. The summed E-state index contributed by atoms with van der Waals surface area (Å²) in [5.41, 5.74) is 4.37. The second-order valence-corrected chi connectivity index (χ2v) is 3.90. The number of ether oxygens (including phenoxy) is 1. The number of nitrogens with one attached hydrogen (secondary N) is 2. The molecule has 4 nitrogen and oxygen atoms in total. The summed E-state index contributed by atoms with van der Waals surface area (Å²) >= 11 is 0. The van der Waals surface area contributed by atoms with Gasteiger partial charge in [0.1, 0.15) is 11.4 Å². The molecular weight excluding hydrogens is 266 g/mol. The molecule has 0 aliphatic carbocycles. The van der Waals surface area contributed by atoms with E-state index in [0.29, 0.717) is 11.3 Å². The number of carbonyl (C=O) groups is 1. The minimum absolute atomic E-state index is 0.329. The molecule has 2 aromatic carbocycles. The first-order chi connectivity index (χ1) is 9.61. The Morgan fingerprint density at radius 1 is 1.05 bits per heavy atom. The van der Waals surface area contributed by atoms with Crippen LogP contribution in [0.1, 0.15) is 10.4 Å². The molecule has 0 saturated carbocycles. The molecule has 2 rings (SSSR count). The van der Waals surface area contributed by atoms with Crippen molar-refractivity contribution in [2.24, 2.45) is 0 Å². The highest BCUT2D eigenvalue weighted by molar-refractivity contribution is 5.95. The van der Waals surface area contributed by atoms with Crippen LogP contribution in [0.3, 0.4) is 0 Å². The second-order valence-electron chi connectivity index (χ2n) is 3.90. The van der Waals surface area contributed by atoms with Gasteiger partial charge in [-0.2, -0.15) is 0 Å². The van der Waals surface area contributed by atoms with E-state index in [1.165, 1.54) is 25.3 Å². The average molecular weight is 278 g/mol. The molecule has 0 atom stereocenters. The van der Waals surface area contributed by atoms with Crippen molar-refractivity contribution in [1.82, 2.24) is 5.43 Å². The van der Waals surface area contributed by atoms with Crippen molar-refractivity contribution in [3.63, 3.8) is 0 Å². The van der Waals surface area contributed by atoms with Gasteiger partial charge in [0.15, 0.2) is 11.6 Å². The monoisotopic (exact) mass is 278 g/mol. The van der Waals surface area contributed by atoms with Gasteiger partial charge in [-0.3, -0.25) is 15.6 Å². The van der Waals surface area contributed by atoms with Crippen molar-refractivity contribution < 1.29 is 18.3 Å². The van der Waals surface area contributed by atoms with E-state index in [2.05, 4.69) is 10.9 Å². The summed E-state index contributed by atoms with van der Waals surface area (Å²) in [6, 6.07) is 9.70. The van der Waals surface area contributed by atoms with E-state index in [9.17, 15) is 13.6 Å². The van der Waals surface area contributed by atoms with Crippen LogP contribution < -0.4 is 15.6 Å². The van der Waals surface area contributed by atoms with E-state index in [1.54, 1.807) is 12.1 Å². The fraction of sp³-hybridized carbons (Fsp3) is 0.0714. The van der Waals surface area contributed by atoms with Gasteiger partial charge >= 0.3 is 0 Å². The number of methoxy groups -OCH3 is 1. The molecule has 20 heavy (non-hydrogen) atoms. The lowest BCUT2D eigenvalue weighted by atomic mass is 10.2. The minimum atomic E-state index is -0.792. The van der Waals surface area contributed by atoms with Crippen molar-refractivity contribution in [2.45, 2.75) is 0 Å². The van der Waals surface area contributed by atoms with Gasteiger partial charge in [-0.25, -0.2) is 8.78 Å². The van der Waals surface area contributed by atoms with Crippen molar-refractivity contribution in [2.75, 3.05) is 12.5 Å². The molecule has 0 heterocycles. The first-order valence-corrected chi connectivity index (χ1v) is 5.76. The summed E-state index contributed by atoms with van der Waals surface area (Å²) in [4.78, 5) is 11.8. The van der Waals surface area contributed by atoms with Gasteiger partial charge < -0.3 is 4.74 Å². The molecule has 0 aromatic heterocycles. The Bertz CT molecular complexity index is 595. The highest BCUT2D eigenvalue weighted by Gasteiger charge is 2.10. The molecule has 0 aliphatic heterocycles. The summed E-state index contributed by atoms with van der Waals surface area (Å²) in [6.07, 6.45) is 0. The summed E-state index contributed by atoms with van der Waals surface area (Å²) in [5.74, 6) is -1.50. The Balaban J connectivity index is 2.04. The standard InChI is InChI=1S/C14H12F2N2O2/c1-20-10-7-5-9(6-8-10)14(19)18-17-13-11(15)3-2-4-12(13)16/h2-8,17H,1H3,(H,18,19). The van der Waals surface area contributed by atoms with Crippen molar-refractivity contribution in [3.05, 3.63) is 59.7 Å². The van der Waals surface area contributed by atoms with Crippen LogP contribution in [0.15, 0.2) is 42.5 Å². The summed E-state index contributed by atoms with van der Waals surface area (Å²) < 4.78 is 31.6. The first kappa shape index (κ1) is 13.8. The second kappa shape index (κ2) is 6.01. The van der Waals surface area contributed by atoms with Crippen LogP contribution in [0.4, 0.5) is 14.5 Å². The quantitative estimate of drug-likeness (QED) is 0.845. The number of halogens is 2. The molecule has 0 spiro atoms. The van der Waals surface area contributed by atoms with E-state index in [4.69, 9.17) is 4.74 Å². The molecule has 0 fully saturated rings. The topological polar surface area (TPSA) is 50.4 Å². The third kappa shape index (κ3) is 3.03. The normalized spacial score (nSPS) is 9.95. The van der Waals surface area contributed by atoms with E-state index in [-0.39, 0.29) is 0 Å². The third-order valence-electron chi connectivity index (χ3n) is 2.62. The number of benzene rings is 2. The Morgan fingerprint density at radius 3 is 2.20 bits per heavy atom. The largest absolute Gasteiger partial charge is 0.497 e. The van der Waals surface area contributed by atoms with E-state index >= 15 is 0 Å². The maximum absolute atomic E-state index is 13.3. The molecule has 6 heteroatoms. The lowest BCUT2D eigenvalue weighted by Crippen LogP contribution is -2.30. The lowest BCUT2D eigenvalue weighted by Gasteiger charge is -2.10. The zero-order chi connectivity index (χ0) is 14.5. The van der Waals surface area contributed by atoms with Crippen LogP contribution in [0.5, 0.6) is 5.75 Å². The highest BCUT2D eigenvalue weighted by atomic mass is 19.1. The smallest absolute Gasteiger partial charge is 0.269 e. The van der Waals surface area contributed by atoms with Crippen molar-refractivity contribution in [1.29, 1.82) is 0 Å². The maximum atomic E-state index is 13.3. The fourth-order valence-electron chi connectivity index (χ4n) is 1.55. The van der Waals surface area contributed by atoms with Crippen LogP contribution in [0, 0.1) is 11.6 Å². The summed E-state index contributed by atoms with van der Waals surface area (Å²) in [5, 5.41) is 0. The van der Waals surface area contributed by atoms with Crippen LogP contribution in [0.25, 0.3) is 0 Å². The van der Waals surface area contributed by atoms with Crippen LogP contribution in [0.2, 0.25) is 0 Å². The predicted molar refractivity (Wildman–Crippen MR) is 70.4 cm³/mol. The number of hydrogen-bond donors (Lipinski definition) is 2. The van der Waals surface area contributed by atoms with Gasteiger partial charge in [-0.05, 0) is 36.4 Å². The van der Waals surface area contributed by atoms with Gasteiger partial charge in [0.05, 0.1) is 7.11 Å². The van der Waals surface area contributed by atoms with Crippen LogP contribution in [-0.4, -0.2) is 13.0 Å². The van der Waals surface area contributed by atoms with Gasteiger partial charge in [0.25, 0.3) is 5.91 Å². The van der Waals surface area contributed by atoms with E-state index in [1.807, 2.05) is 0 Å². The van der Waals surface area contributed by atoms with Gasteiger partial charge in [0.2, 0.25) is 0 Å². The van der Waals surface area contributed by atoms with Gasteiger partial charge in [0, 0.05) is 5.56 Å². The van der Waals surface area contributed by atoms with Crippen LogP contribution in [-0.2, 0) is 0 Å². The Kier molecular flexibility index (Phi) is 4.14. The molecular formula is C14H12F2N2O2. The minimum Gasteiger partial charge on any atom is -0.497 e.